The minimum atomic E-state index is -0.706. The van der Waals surface area contributed by atoms with Crippen molar-refractivity contribution in [2.24, 2.45) is 0 Å². The molecule has 0 radical (unpaired) electrons. The second-order valence-corrected chi connectivity index (χ2v) is 14.8. The van der Waals surface area contributed by atoms with Crippen LogP contribution < -0.4 is 9.80 Å². The van der Waals surface area contributed by atoms with Gasteiger partial charge in [0.15, 0.2) is 0 Å². The quantitative estimate of drug-likeness (QED) is 0.198. The van der Waals surface area contributed by atoms with E-state index in [-0.39, 0.29) is 11.6 Å². The molecule has 4 fully saturated rings. The Morgan fingerprint density at radius 1 is 0.560 bits per heavy atom. The summed E-state index contributed by atoms with van der Waals surface area (Å²) in [6.45, 7) is 12.1. The summed E-state index contributed by atoms with van der Waals surface area (Å²) in [5.41, 5.74) is 7.06. The summed E-state index contributed by atoms with van der Waals surface area (Å²) in [6.07, 6.45) is 4.15. The Labute approximate surface area is 294 Å². The summed E-state index contributed by atoms with van der Waals surface area (Å²) in [6, 6.07) is 30.8. The van der Waals surface area contributed by atoms with Crippen LogP contribution in [0.5, 0.6) is 0 Å². The zero-order chi connectivity index (χ0) is 34.7. The summed E-state index contributed by atoms with van der Waals surface area (Å²) in [7, 11) is 0. The molecule has 0 amide bonds. The second kappa shape index (κ2) is 14.5. The number of nitrogens with zero attached hydrogens (tertiary/aromatic N) is 4. The number of piperazine rings is 2. The van der Waals surface area contributed by atoms with Crippen LogP contribution in [0.4, 0.5) is 20.2 Å². The molecule has 0 atom stereocenters. The van der Waals surface area contributed by atoms with Gasteiger partial charge >= 0.3 is 5.97 Å². The van der Waals surface area contributed by atoms with Gasteiger partial charge in [0.25, 0.3) is 0 Å². The zero-order valence-electron chi connectivity index (χ0n) is 29.0. The van der Waals surface area contributed by atoms with Crippen LogP contribution in [0, 0.1) is 11.6 Å². The van der Waals surface area contributed by atoms with E-state index in [0.717, 1.165) is 95.2 Å². The Hall–Kier alpha value is -4.27. The third-order valence-electron chi connectivity index (χ3n) is 11.3. The van der Waals surface area contributed by atoms with Crippen molar-refractivity contribution in [1.29, 1.82) is 0 Å². The van der Waals surface area contributed by atoms with Crippen molar-refractivity contribution in [3.8, 4) is 0 Å². The highest BCUT2D eigenvalue weighted by molar-refractivity contribution is 5.84. The number of rotatable bonds is 9. The Bertz CT molecular complexity index is 1720. The number of hydrogen-bond acceptors (Lipinski definition) is 5. The first kappa shape index (κ1) is 34.2. The first-order chi connectivity index (χ1) is 24.2. The highest BCUT2D eigenvalue weighted by atomic mass is 19.1. The maximum Gasteiger partial charge on any atom is 0.314 e. The van der Waals surface area contributed by atoms with Gasteiger partial charge in [0.05, 0.1) is 5.41 Å². The molecule has 0 aromatic heterocycles. The molecule has 0 spiro atoms. The van der Waals surface area contributed by atoms with E-state index < -0.39 is 11.4 Å². The summed E-state index contributed by atoms with van der Waals surface area (Å²) in [5, 5.41) is 9.39. The summed E-state index contributed by atoms with van der Waals surface area (Å²) in [5.74, 6) is -1.07. The number of halogens is 2. The molecule has 2 heterocycles. The first-order valence-electron chi connectivity index (χ1n) is 18.1. The minimum absolute atomic E-state index is 0.166. The van der Waals surface area contributed by atoms with E-state index in [2.05, 4.69) is 62.9 Å². The van der Waals surface area contributed by atoms with Crippen LogP contribution in [-0.2, 0) is 28.7 Å². The third kappa shape index (κ3) is 8.03. The van der Waals surface area contributed by atoms with Gasteiger partial charge in [-0.15, -0.1) is 0 Å². The smallest absolute Gasteiger partial charge is 0.314 e. The van der Waals surface area contributed by atoms with Crippen LogP contribution >= 0.6 is 0 Å². The Kier molecular flexibility index (Phi) is 9.94. The topological polar surface area (TPSA) is 50.3 Å². The molecule has 2 saturated heterocycles. The van der Waals surface area contributed by atoms with Crippen molar-refractivity contribution in [3.05, 3.63) is 131 Å². The summed E-state index contributed by atoms with van der Waals surface area (Å²) >= 11 is 0. The normalized spacial score (nSPS) is 19.7. The molecule has 1 N–H and O–H groups in total. The van der Waals surface area contributed by atoms with Gasteiger partial charge in [0.1, 0.15) is 11.6 Å². The lowest BCUT2D eigenvalue weighted by Gasteiger charge is -2.36. The monoisotopic (exact) mass is 678 g/mol. The average Bonchev–Trinajstić information content (AvgIpc) is 4.08. The molecule has 0 unspecified atom stereocenters. The highest BCUT2D eigenvalue weighted by Gasteiger charge is 2.51. The molecule has 2 aliphatic carbocycles. The van der Waals surface area contributed by atoms with Gasteiger partial charge in [-0.2, -0.15) is 0 Å². The lowest BCUT2D eigenvalue weighted by atomic mass is 9.95. The molecule has 6 nitrogen and oxygen atoms in total. The summed E-state index contributed by atoms with van der Waals surface area (Å²) in [4.78, 5) is 20.9. The molecule has 2 aliphatic heterocycles. The molecular formula is C42H48F2N4O2. The Morgan fingerprint density at radius 3 is 1.28 bits per heavy atom. The lowest BCUT2D eigenvalue weighted by Crippen LogP contribution is -2.45. The van der Waals surface area contributed by atoms with Gasteiger partial charge < -0.3 is 14.9 Å². The largest absolute Gasteiger partial charge is 0.481 e. The standard InChI is InChI=1S/C21H23FN2O2.C21H25FN2/c22-18-5-7-19(8-6-18)24-13-11-23(12-14-24)15-16-1-3-17(4-2-16)21(9-10-21)20(25)26;1-21(10-11-21)18-4-2-17(3-5-18)16-23-12-14-24(15-13-23)20-8-6-19(22)7-9-20/h1-8H,9-15H2,(H,25,26);2-9H,10-16H2,1H3. The third-order valence-corrected chi connectivity index (χ3v) is 11.3. The van der Waals surface area contributed by atoms with Crippen LogP contribution in [0.15, 0.2) is 97.1 Å². The van der Waals surface area contributed by atoms with Gasteiger partial charge in [-0.05, 0) is 102 Å². The van der Waals surface area contributed by atoms with Crippen molar-refractivity contribution in [2.75, 3.05) is 62.2 Å². The Balaban J connectivity index is 0.000000157. The van der Waals surface area contributed by atoms with Crippen LogP contribution in [0.25, 0.3) is 0 Å². The van der Waals surface area contributed by atoms with Crippen molar-refractivity contribution in [1.82, 2.24) is 9.80 Å². The molecule has 50 heavy (non-hydrogen) atoms. The fraction of sp³-hybridized carbons (Fsp3) is 0.405. The fourth-order valence-electron chi connectivity index (χ4n) is 7.32. The number of hydrogen-bond donors (Lipinski definition) is 1. The van der Waals surface area contributed by atoms with Crippen LogP contribution in [0.1, 0.15) is 54.9 Å². The van der Waals surface area contributed by atoms with Gasteiger partial charge in [0.2, 0.25) is 0 Å². The predicted molar refractivity (Wildman–Crippen MR) is 196 cm³/mol. The van der Waals surface area contributed by atoms with Crippen molar-refractivity contribution in [3.63, 3.8) is 0 Å². The van der Waals surface area contributed by atoms with E-state index in [0.29, 0.717) is 5.41 Å². The van der Waals surface area contributed by atoms with Gasteiger partial charge in [0, 0.05) is 76.8 Å². The maximum atomic E-state index is 13.0. The van der Waals surface area contributed by atoms with E-state index >= 15 is 0 Å². The average molecular weight is 679 g/mol. The van der Waals surface area contributed by atoms with Crippen LogP contribution in [0.2, 0.25) is 0 Å². The molecule has 4 aromatic carbocycles. The zero-order valence-corrected chi connectivity index (χ0v) is 29.0. The van der Waals surface area contributed by atoms with E-state index in [1.165, 1.54) is 41.7 Å². The molecule has 262 valence electrons. The molecule has 4 aliphatic rings. The molecular weight excluding hydrogens is 630 g/mol. The molecule has 8 heteroatoms. The minimum Gasteiger partial charge on any atom is -0.481 e. The lowest BCUT2D eigenvalue weighted by molar-refractivity contribution is -0.140. The molecule has 2 saturated carbocycles. The van der Waals surface area contributed by atoms with E-state index in [4.69, 9.17) is 0 Å². The first-order valence-corrected chi connectivity index (χ1v) is 18.1. The number of aliphatic carboxylic acids is 1. The van der Waals surface area contributed by atoms with Crippen LogP contribution in [0.3, 0.4) is 0 Å². The Morgan fingerprint density at radius 2 is 0.940 bits per heavy atom. The number of benzene rings is 4. The maximum absolute atomic E-state index is 13.0. The molecule has 4 aromatic rings. The fourth-order valence-corrected chi connectivity index (χ4v) is 7.32. The van der Waals surface area contributed by atoms with Crippen molar-refractivity contribution in [2.45, 2.75) is 56.5 Å². The SMILES string of the molecule is CC1(c2ccc(CN3CCN(c4ccc(F)cc4)CC3)cc2)CC1.O=C(O)C1(c2ccc(CN3CCN(c4ccc(F)cc4)CC3)cc2)CC1. The number of carbonyl (C=O) groups is 1. The van der Waals surface area contributed by atoms with E-state index in [1.54, 1.807) is 12.1 Å². The van der Waals surface area contributed by atoms with Crippen LogP contribution in [-0.4, -0.2) is 73.2 Å². The summed E-state index contributed by atoms with van der Waals surface area (Å²) < 4.78 is 26.1. The van der Waals surface area contributed by atoms with Gasteiger partial charge in [-0.1, -0.05) is 55.5 Å². The number of carboxylic acids is 1. The second-order valence-electron chi connectivity index (χ2n) is 14.8. The van der Waals surface area contributed by atoms with E-state index in [9.17, 15) is 18.7 Å². The number of carboxylic acid groups (broad SMARTS) is 1. The molecule has 8 rings (SSSR count). The van der Waals surface area contributed by atoms with E-state index in [1.807, 2.05) is 36.4 Å². The van der Waals surface area contributed by atoms with Crippen molar-refractivity contribution < 1.29 is 18.7 Å². The predicted octanol–water partition coefficient (Wildman–Crippen LogP) is 7.46. The van der Waals surface area contributed by atoms with Gasteiger partial charge in [-0.25, -0.2) is 8.78 Å². The van der Waals surface area contributed by atoms with Gasteiger partial charge in [-0.3, -0.25) is 14.6 Å². The number of anilines is 2. The highest BCUT2D eigenvalue weighted by Crippen LogP contribution is 2.48. The van der Waals surface area contributed by atoms with Crippen molar-refractivity contribution >= 4 is 17.3 Å². The molecule has 0 bridgehead atoms.